The molecule has 1 aromatic rings. The summed E-state index contributed by atoms with van der Waals surface area (Å²) in [5, 5.41) is 7.74. The van der Waals surface area contributed by atoms with Gasteiger partial charge in [0.05, 0.1) is 0 Å². The molecule has 1 heterocycles. The van der Waals surface area contributed by atoms with E-state index in [9.17, 15) is 0 Å². The SMILES string of the molecule is CCCNC(CC)Cc1nc(C2(OCC)CCCC2)no1. The van der Waals surface area contributed by atoms with E-state index in [1.807, 2.05) is 6.92 Å². The van der Waals surface area contributed by atoms with Gasteiger partial charge in [-0.05, 0) is 52.0 Å². The number of nitrogens with zero attached hydrogens (tertiary/aromatic N) is 2. The Morgan fingerprint density at radius 2 is 2.05 bits per heavy atom. The molecule has 5 nitrogen and oxygen atoms in total. The Kier molecular flexibility index (Phi) is 6.18. The molecule has 1 atom stereocenters. The highest BCUT2D eigenvalue weighted by atomic mass is 16.5. The van der Waals surface area contributed by atoms with Crippen molar-refractivity contribution in [3.63, 3.8) is 0 Å². The summed E-state index contributed by atoms with van der Waals surface area (Å²) in [6.45, 7) is 8.12. The molecule has 0 saturated heterocycles. The maximum Gasteiger partial charge on any atom is 0.228 e. The quantitative estimate of drug-likeness (QED) is 0.758. The van der Waals surface area contributed by atoms with E-state index in [0.29, 0.717) is 12.6 Å². The maximum atomic E-state index is 5.99. The monoisotopic (exact) mass is 295 g/mol. The lowest BCUT2D eigenvalue weighted by molar-refractivity contribution is -0.0469. The third kappa shape index (κ3) is 4.04. The summed E-state index contributed by atoms with van der Waals surface area (Å²) in [4.78, 5) is 4.64. The van der Waals surface area contributed by atoms with Crippen molar-refractivity contribution in [2.24, 2.45) is 0 Å². The zero-order valence-electron chi connectivity index (χ0n) is 13.7. The lowest BCUT2D eigenvalue weighted by atomic mass is 10.0. The van der Waals surface area contributed by atoms with Crippen LogP contribution in [0.25, 0.3) is 0 Å². The average Bonchev–Trinajstić information content (AvgIpc) is 3.13. The van der Waals surface area contributed by atoms with E-state index in [4.69, 9.17) is 9.26 Å². The summed E-state index contributed by atoms with van der Waals surface area (Å²) in [7, 11) is 0. The molecular weight excluding hydrogens is 266 g/mol. The molecule has 21 heavy (non-hydrogen) atoms. The zero-order valence-corrected chi connectivity index (χ0v) is 13.7. The van der Waals surface area contributed by atoms with Gasteiger partial charge in [0.1, 0.15) is 5.60 Å². The van der Waals surface area contributed by atoms with Crippen LogP contribution >= 0.6 is 0 Å². The van der Waals surface area contributed by atoms with E-state index in [2.05, 4.69) is 29.3 Å². The summed E-state index contributed by atoms with van der Waals surface area (Å²) in [6, 6.07) is 0.407. The standard InChI is InChI=1S/C16H29N3O2/c1-4-11-17-13(5-2)12-14-18-15(19-21-14)16(20-6-3)9-7-8-10-16/h13,17H,4-12H2,1-3H3. The van der Waals surface area contributed by atoms with Crippen LogP contribution in [0.1, 0.15) is 71.0 Å². The van der Waals surface area contributed by atoms with Crippen LogP contribution < -0.4 is 5.32 Å². The second-order valence-electron chi connectivity index (χ2n) is 5.91. The second-order valence-corrected chi connectivity index (χ2v) is 5.91. The number of nitrogens with one attached hydrogen (secondary N) is 1. The van der Waals surface area contributed by atoms with Crippen molar-refractivity contribution in [2.75, 3.05) is 13.2 Å². The van der Waals surface area contributed by atoms with Crippen LogP contribution in [0.5, 0.6) is 0 Å². The summed E-state index contributed by atoms with van der Waals surface area (Å²) in [5.74, 6) is 1.48. The van der Waals surface area contributed by atoms with Gasteiger partial charge in [-0.1, -0.05) is 19.0 Å². The fraction of sp³-hybridized carbons (Fsp3) is 0.875. The highest BCUT2D eigenvalue weighted by molar-refractivity contribution is 5.05. The summed E-state index contributed by atoms with van der Waals surface area (Å²) >= 11 is 0. The molecule has 0 radical (unpaired) electrons. The number of hydrogen-bond acceptors (Lipinski definition) is 5. The predicted octanol–water partition coefficient (Wildman–Crippen LogP) is 3.20. The van der Waals surface area contributed by atoms with Crippen molar-refractivity contribution in [3.05, 3.63) is 11.7 Å². The predicted molar refractivity (Wildman–Crippen MR) is 82.1 cm³/mol. The second kappa shape index (κ2) is 7.90. The average molecular weight is 295 g/mol. The van der Waals surface area contributed by atoms with Crippen molar-refractivity contribution in [1.82, 2.24) is 15.5 Å². The first-order valence-corrected chi connectivity index (χ1v) is 8.44. The van der Waals surface area contributed by atoms with Crippen molar-refractivity contribution < 1.29 is 9.26 Å². The van der Waals surface area contributed by atoms with Crippen LogP contribution in [0.3, 0.4) is 0 Å². The largest absolute Gasteiger partial charge is 0.367 e. The molecule has 0 spiro atoms. The van der Waals surface area contributed by atoms with Gasteiger partial charge in [0.15, 0.2) is 0 Å². The Labute approximate surface area is 127 Å². The first kappa shape index (κ1) is 16.4. The van der Waals surface area contributed by atoms with E-state index in [1.165, 1.54) is 12.8 Å². The third-order valence-corrected chi connectivity index (χ3v) is 4.30. The zero-order chi connectivity index (χ0) is 15.1. The molecule has 0 amide bonds. The minimum atomic E-state index is -0.297. The molecule has 1 aliphatic carbocycles. The van der Waals surface area contributed by atoms with Gasteiger partial charge in [0.2, 0.25) is 11.7 Å². The van der Waals surface area contributed by atoms with Gasteiger partial charge >= 0.3 is 0 Å². The van der Waals surface area contributed by atoms with Gasteiger partial charge in [0.25, 0.3) is 0 Å². The van der Waals surface area contributed by atoms with E-state index >= 15 is 0 Å². The van der Waals surface area contributed by atoms with Crippen LogP contribution in [-0.2, 0) is 16.8 Å². The van der Waals surface area contributed by atoms with Crippen LogP contribution in [0.15, 0.2) is 4.52 Å². The lowest BCUT2D eigenvalue weighted by Gasteiger charge is -2.24. The molecule has 1 aromatic heterocycles. The topological polar surface area (TPSA) is 60.2 Å². The Hall–Kier alpha value is -0.940. The van der Waals surface area contributed by atoms with Gasteiger partial charge in [-0.3, -0.25) is 0 Å². The Balaban J connectivity index is 2.02. The Morgan fingerprint density at radius 3 is 2.67 bits per heavy atom. The van der Waals surface area contributed by atoms with E-state index < -0.39 is 0 Å². The van der Waals surface area contributed by atoms with Crippen molar-refractivity contribution >= 4 is 0 Å². The van der Waals surface area contributed by atoms with E-state index in [1.54, 1.807) is 0 Å². The van der Waals surface area contributed by atoms with Crippen molar-refractivity contribution in [1.29, 1.82) is 0 Å². The minimum Gasteiger partial charge on any atom is -0.367 e. The number of rotatable bonds is 9. The molecule has 120 valence electrons. The highest BCUT2D eigenvalue weighted by Crippen LogP contribution is 2.40. The van der Waals surface area contributed by atoms with Crippen LogP contribution in [0.2, 0.25) is 0 Å². The smallest absolute Gasteiger partial charge is 0.228 e. The molecule has 1 aliphatic rings. The van der Waals surface area contributed by atoms with Gasteiger partial charge in [-0.15, -0.1) is 0 Å². The van der Waals surface area contributed by atoms with Gasteiger partial charge in [-0.25, -0.2) is 0 Å². The molecule has 0 bridgehead atoms. The molecule has 0 aliphatic heterocycles. The van der Waals surface area contributed by atoms with Crippen LogP contribution in [0.4, 0.5) is 0 Å². The summed E-state index contributed by atoms with van der Waals surface area (Å²) in [6.07, 6.45) is 7.37. The van der Waals surface area contributed by atoms with Crippen LogP contribution in [-0.4, -0.2) is 29.3 Å². The van der Waals surface area contributed by atoms with E-state index in [-0.39, 0.29) is 5.60 Å². The highest BCUT2D eigenvalue weighted by Gasteiger charge is 2.40. The first-order valence-electron chi connectivity index (χ1n) is 8.44. The fourth-order valence-electron chi connectivity index (χ4n) is 3.10. The molecule has 5 heteroatoms. The number of ether oxygens (including phenoxy) is 1. The van der Waals surface area contributed by atoms with Crippen molar-refractivity contribution in [2.45, 2.75) is 77.4 Å². The Bertz CT molecular complexity index is 413. The van der Waals surface area contributed by atoms with Gasteiger partial charge in [-0.2, -0.15) is 4.98 Å². The molecule has 1 unspecified atom stereocenters. The molecule has 1 saturated carbocycles. The normalized spacial score (nSPS) is 19.0. The summed E-state index contributed by atoms with van der Waals surface area (Å²) < 4.78 is 11.5. The number of aromatic nitrogens is 2. The van der Waals surface area contributed by atoms with E-state index in [0.717, 1.165) is 50.4 Å². The molecule has 1 fully saturated rings. The molecule has 2 rings (SSSR count). The summed E-state index contributed by atoms with van der Waals surface area (Å²) in [5.41, 5.74) is -0.297. The maximum absolute atomic E-state index is 5.99. The van der Waals surface area contributed by atoms with Gasteiger partial charge < -0.3 is 14.6 Å². The molecular formula is C16H29N3O2. The lowest BCUT2D eigenvalue weighted by Crippen LogP contribution is -2.31. The van der Waals surface area contributed by atoms with Gasteiger partial charge in [0, 0.05) is 19.1 Å². The molecule has 0 aromatic carbocycles. The third-order valence-electron chi connectivity index (χ3n) is 4.30. The molecule has 1 N–H and O–H groups in total. The van der Waals surface area contributed by atoms with Crippen LogP contribution in [0, 0.1) is 0 Å². The number of hydrogen-bond donors (Lipinski definition) is 1. The van der Waals surface area contributed by atoms with Crippen molar-refractivity contribution in [3.8, 4) is 0 Å². The fourth-order valence-corrected chi connectivity index (χ4v) is 3.10. The minimum absolute atomic E-state index is 0.297. The first-order chi connectivity index (χ1) is 10.2. The Morgan fingerprint density at radius 1 is 1.29 bits per heavy atom.